The Balaban J connectivity index is 0.000000200. The zero-order chi connectivity index (χ0) is 20.0. The Morgan fingerprint density at radius 1 is 0.893 bits per heavy atom. The van der Waals surface area contributed by atoms with E-state index in [4.69, 9.17) is 9.47 Å². The molecule has 0 saturated carbocycles. The van der Waals surface area contributed by atoms with Gasteiger partial charge in [0.1, 0.15) is 11.4 Å². The normalized spacial score (nSPS) is 9.93. The maximum absolute atomic E-state index is 9.39. The van der Waals surface area contributed by atoms with E-state index in [0.717, 1.165) is 23.4 Å². The van der Waals surface area contributed by atoms with Crippen molar-refractivity contribution in [3.05, 3.63) is 60.8 Å². The third kappa shape index (κ3) is 6.87. The molecule has 0 spiro atoms. The second-order valence-corrected chi connectivity index (χ2v) is 6.08. The van der Waals surface area contributed by atoms with Gasteiger partial charge in [0.05, 0.1) is 19.9 Å². The lowest BCUT2D eigenvalue weighted by Crippen LogP contribution is -1.97. The van der Waals surface area contributed by atoms with Crippen LogP contribution in [-0.4, -0.2) is 34.2 Å². The van der Waals surface area contributed by atoms with Crippen molar-refractivity contribution in [2.24, 2.45) is 0 Å². The van der Waals surface area contributed by atoms with Crippen LogP contribution in [0.25, 0.3) is 11.3 Å². The molecule has 2 aromatic carbocycles. The number of benzene rings is 2. The first-order valence-electron chi connectivity index (χ1n) is 9.44. The van der Waals surface area contributed by atoms with Crippen molar-refractivity contribution in [1.29, 1.82) is 0 Å². The van der Waals surface area contributed by atoms with Crippen LogP contribution in [0.3, 0.4) is 0 Å². The predicted molar refractivity (Wildman–Crippen MR) is 110 cm³/mol. The molecule has 0 aliphatic carbocycles. The van der Waals surface area contributed by atoms with Gasteiger partial charge in [0.2, 0.25) is 0 Å². The molecule has 0 fully saturated rings. The molecule has 0 aliphatic rings. The van der Waals surface area contributed by atoms with Crippen molar-refractivity contribution in [2.75, 3.05) is 13.7 Å². The van der Waals surface area contributed by atoms with Gasteiger partial charge in [-0.1, -0.05) is 50.5 Å². The van der Waals surface area contributed by atoms with Crippen LogP contribution in [0, 0.1) is 0 Å². The molecule has 3 rings (SSSR count). The summed E-state index contributed by atoms with van der Waals surface area (Å²) >= 11 is 0. The molecular formula is C22H27N3O3. The topological polar surface area (TPSA) is 77.4 Å². The molecule has 6 heteroatoms. The molecule has 0 unspecified atom stereocenters. The Hall–Kier alpha value is -3.15. The van der Waals surface area contributed by atoms with Crippen LogP contribution in [-0.2, 0) is 0 Å². The van der Waals surface area contributed by atoms with E-state index in [1.54, 1.807) is 37.6 Å². The van der Waals surface area contributed by atoms with E-state index in [0.29, 0.717) is 12.4 Å². The monoisotopic (exact) mass is 381 g/mol. The van der Waals surface area contributed by atoms with Gasteiger partial charge in [0.15, 0.2) is 11.5 Å². The summed E-state index contributed by atoms with van der Waals surface area (Å²) in [4.78, 5) is 0. The van der Waals surface area contributed by atoms with Gasteiger partial charge in [-0.25, -0.2) is 0 Å². The molecule has 0 radical (unpaired) electrons. The number of phenolic OH excluding ortho intramolecular Hbond substituents is 1. The summed E-state index contributed by atoms with van der Waals surface area (Å²) in [7, 11) is 1.63. The number of rotatable bonds is 8. The van der Waals surface area contributed by atoms with Crippen molar-refractivity contribution in [1.82, 2.24) is 15.4 Å². The second kappa shape index (κ2) is 12.3. The highest BCUT2D eigenvalue weighted by atomic mass is 16.5. The Bertz CT molecular complexity index is 813. The molecular weight excluding hydrogens is 354 g/mol. The van der Waals surface area contributed by atoms with Gasteiger partial charge in [0, 0.05) is 5.56 Å². The van der Waals surface area contributed by atoms with Gasteiger partial charge < -0.3 is 14.6 Å². The van der Waals surface area contributed by atoms with Crippen molar-refractivity contribution >= 4 is 0 Å². The number of phenols is 1. The quantitative estimate of drug-likeness (QED) is 0.559. The molecule has 0 bridgehead atoms. The second-order valence-electron chi connectivity index (χ2n) is 6.08. The number of hydrogen-bond donors (Lipinski definition) is 1. The minimum absolute atomic E-state index is 0.225. The van der Waals surface area contributed by atoms with Gasteiger partial charge >= 0.3 is 0 Å². The number of nitrogens with zero attached hydrogens (tertiary/aromatic N) is 3. The van der Waals surface area contributed by atoms with E-state index in [1.165, 1.54) is 19.3 Å². The van der Waals surface area contributed by atoms with Crippen LogP contribution in [0.15, 0.2) is 60.8 Å². The van der Waals surface area contributed by atoms with Crippen LogP contribution < -0.4 is 9.47 Å². The van der Waals surface area contributed by atoms with Gasteiger partial charge in [-0.2, -0.15) is 0 Å². The van der Waals surface area contributed by atoms with Crippen LogP contribution in [0.2, 0.25) is 0 Å². The average molecular weight is 381 g/mol. The first kappa shape index (κ1) is 21.2. The minimum atomic E-state index is 0.225. The Morgan fingerprint density at radius 2 is 1.64 bits per heavy atom. The lowest BCUT2D eigenvalue weighted by atomic mass is 10.1. The lowest BCUT2D eigenvalue weighted by molar-refractivity contribution is 0.289. The smallest absolute Gasteiger partial charge is 0.160 e. The minimum Gasteiger partial charge on any atom is -0.504 e. The van der Waals surface area contributed by atoms with Crippen LogP contribution in [0.4, 0.5) is 0 Å². The van der Waals surface area contributed by atoms with Gasteiger partial charge in [-0.05, 0) is 42.0 Å². The Kier molecular flexibility index (Phi) is 9.27. The fraction of sp³-hybridized carbons (Fsp3) is 0.318. The summed E-state index contributed by atoms with van der Waals surface area (Å²) < 4.78 is 10.6. The lowest BCUT2D eigenvalue weighted by Gasteiger charge is -2.06. The fourth-order valence-electron chi connectivity index (χ4n) is 2.53. The molecule has 28 heavy (non-hydrogen) atoms. The molecule has 3 aromatic rings. The van der Waals surface area contributed by atoms with Crippen LogP contribution in [0.1, 0.15) is 32.6 Å². The predicted octanol–water partition coefficient (Wildman–Crippen LogP) is 4.90. The van der Waals surface area contributed by atoms with Crippen molar-refractivity contribution in [2.45, 2.75) is 32.6 Å². The number of methoxy groups -OCH3 is 1. The third-order valence-electron chi connectivity index (χ3n) is 4.01. The molecule has 6 nitrogen and oxygen atoms in total. The van der Waals surface area contributed by atoms with Crippen LogP contribution >= 0.6 is 0 Å². The van der Waals surface area contributed by atoms with Crippen LogP contribution in [0.5, 0.6) is 17.2 Å². The maximum Gasteiger partial charge on any atom is 0.160 e. The molecule has 1 heterocycles. The number of para-hydroxylation sites is 3. The molecule has 1 N–H and O–H groups in total. The molecule has 0 atom stereocenters. The summed E-state index contributed by atoms with van der Waals surface area (Å²) in [6.45, 7) is 2.88. The zero-order valence-corrected chi connectivity index (χ0v) is 16.4. The highest BCUT2D eigenvalue weighted by Crippen LogP contribution is 2.26. The molecule has 0 saturated heterocycles. The highest BCUT2D eigenvalue weighted by Gasteiger charge is 2.05. The van der Waals surface area contributed by atoms with E-state index in [-0.39, 0.29) is 5.75 Å². The van der Waals surface area contributed by atoms with Crippen molar-refractivity contribution < 1.29 is 14.6 Å². The molecule has 0 amide bonds. The van der Waals surface area contributed by atoms with E-state index in [2.05, 4.69) is 22.3 Å². The summed E-state index contributed by atoms with van der Waals surface area (Å²) in [5.74, 6) is 1.60. The average Bonchev–Trinajstić information content (AvgIpc) is 2.76. The standard InChI is InChI=1S/C12H18O2.C10H9N3O/c1-2-3-4-7-10-14-12-9-6-5-8-11(12)13;1-14-10-5-3-2-4-8(10)9-6-7-11-13-12-9/h5-6,8-9,13H,2-4,7,10H2,1H3;2-7H,1H3. The Labute approximate surface area is 166 Å². The first-order valence-corrected chi connectivity index (χ1v) is 9.44. The largest absolute Gasteiger partial charge is 0.504 e. The summed E-state index contributed by atoms with van der Waals surface area (Å²) in [5.41, 5.74) is 1.68. The van der Waals surface area contributed by atoms with Gasteiger partial charge in [-0.15, -0.1) is 10.2 Å². The number of hydrogen-bond acceptors (Lipinski definition) is 6. The van der Waals surface area contributed by atoms with E-state index in [1.807, 2.05) is 30.3 Å². The van der Waals surface area contributed by atoms with Crippen molar-refractivity contribution in [3.63, 3.8) is 0 Å². The summed E-state index contributed by atoms with van der Waals surface area (Å²) in [6.07, 6.45) is 6.35. The van der Waals surface area contributed by atoms with E-state index in [9.17, 15) is 5.11 Å². The van der Waals surface area contributed by atoms with E-state index >= 15 is 0 Å². The summed E-state index contributed by atoms with van der Waals surface area (Å²) in [5, 5.41) is 20.5. The number of aromatic hydroxyl groups is 1. The number of aromatic nitrogens is 3. The first-order chi connectivity index (χ1) is 13.8. The summed E-state index contributed by atoms with van der Waals surface area (Å²) in [6, 6.07) is 16.5. The Morgan fingerprint density at radius 3 is 2.32 bits per heavy atom. The van der Waals surface area contributed by atoms with E-state index < -0.39 is 0 Å². The van der Waals surface area contributed by atoms with Crippen molar-refractivity contribution in [3.8, 4) is 28.5 Å². The van der Waals surface area contributed by atoms with Gasteiger partial charge in [-0.3, -0.25) is 0 Å². The maximum atomic E-state index is 9.39. The van der Waals surface area contributed by atoms with Gasteiger partial charge in [0.25, 0.3) is 0 Å². The molecule has 0 aliphatic heterocycles. The third-order valence-corrected chi connectivity index (χ3v) is 4.01. The number of ether oxygens (including phenoxy) is 2. The molecule has 148 valence electrons. The SMILES string of the molecule is CCCCCCOc1ccccc1O.COc1ccccc1-c1ccnnn1. The number of unbranched alkanes of at least 4 members (excludes halogenated alkanes) is 3. The highest BCUT2D eigenvalue weighted by molar-refractivity contribution is 5.66. The fourth-order valence-corrected chi connectivity index (χ4v) is 2.53. The molecule has 1 aromatic heterocycles. The zero-order valence-electron chi connectivity index (χ0n) is 16.4.